The monoisotopic (exact) mass is 330 g/mol. The molecule has 0 bridgehead atoms. The SMILES string of the molecule is CC(=O)O[C@@H](C)CCc1nc(N)c2nc(-n3nccn3)n(C)c2n1. The largest absolute Gasteiger partial charge is 0.463 e. The van der Waals surface area contributed by atoms with E-state index in [9.17, 15) is 4.79 Å². The maximum absolute atomic E-state index is 11.0. The van der Waals surface area contributed by atoms with Crippen molar-refractivity contribution in [3.63, 3.8) is 0 Å². The van der Waals surface area contributed by atoms with Crippen molar-refractivity contribution >= 4 is 23.0 Å². The van der Waals surface area contributed by atoms with Crippen LogP contribution in [0.15, 0.2) is 12.4 Å². The molecule has 2 N–H and O–H groups in total. The van der Waals surface area contributed by atoms with Crippen LogP contribution < -0.4 is 5.73 Å². The lowest BCUT2D eigenvalue weighted by Crippen LogP contribution is -2.14. The van der Waals surface area contributed by atoms with Crippen molar-refractivity contribution in [1.29, 1.82) is 0 Å². The third-order valence-electron chi connectivity index (χ3n) is 3.51. The van der Waals surface area contributed by atoms with E-state index in [-0.39, 0.29) is 12.1 Å². The molecule has 0 spiro atoms. The van der Waals surface area contributed by atoms with Crippen LogP contribution in [0.5, 0.6) is 0 Å². The molecule has 3 aromatic heterocycles. The number of aryl methyl sites for hydroxylation is 2. The Hall–Kier alpha value is -3.04. The first-order valence-corrected chi connectivity index (χ1v) is 7.48. The molecule has 0 saturated carbocycles. The van der Waals surface area contributed by atoms with Gasteiger partial charge in [0.2, 0.25) is 0 Å². The van der Waals surface area contributed by atoms with Crippen LogP contribution in [0.3, 0.4) is 0 Å². The zero-order valence-corrected chi connectivity index (χ0v) is 13.7. The van der Waals surface area contributed by atoms with Crippen LogP contribution in [0.2, 0.25) is 0 Å². The molecule has 3 aromatic rings. The lowest BCUT2D eigenvalue weighted by molar-refractivity contribution is -0.145. The molecular weight excluding hydrogens is 312 g/mol. The van der Waals surface area contributed by atoms with Crippen LogP contribution >= 0.6 is 0 Å². The number of carbonyl (C=O) groups is 1. The number of hydrogen-bond donors (Lipinski definition) is 1. The Morgan fingerprint density at radius 1 is 1.29 bits per heavy atom. The number of carbonyl (C=O) groups excluding carboxylic acids is 1. The van der Waals surface area contributed by atoms with Gasteiger partial charge in [-0.25, -0.2) is 15.0 Å². The summed E-state index contributed by atoms with van der Waals surface area (Å²) in [6.45, 7) is 3.21. The Labute approximate surface area is 137 Å². The van der Waals surface area contributed by atoms with Crippen LogP contribution in [0.1, 0.15) is 26.1 Å². The van der Waals surface area contributed by atoms with Gasteiger partial charge in [-0.1, -0.05) is 0 Å². The Kier molecular flexibility index (Phi) is 4.11. The molecule has 1 atom stereocenters. The molecule has 0 amide bonds. The number of nitrogens with two attached hydrogens (primary N) is 1. The molecule has 3 heterocycles. The number of imidazole rings is 1. The lowest BCUT2D eigenvalue weighted by Gasteiger charge is -2.11. The van der Waals surface area contributed by atoms with Crippen molar-refractivity contribution < 1.29 is 9.53 Å². The second kappa shape index (κ2) is 6.22. The minimum atomic E-state index is -0.304. The minimum Gasteiger partial charge on any atom is -0.463 e. The third-order valence-corrected chi connectivity index (χ3v) is 3.51. The maximum Gasteiger partial charge on any atom is 0.302 e. The molecule has 126 valence electrons. The summed E-state index contributed by atoms with van der Waals surface area (Å²) < 4.78 is 6.86. The van der Waals surface area contributed by atoms with Crippen molar-refractivity contribution in [1.82, 2.24) is 34.5 Å². The number of nitrogen functional groups attached to an aromatic ring is 1. The first-order valence-electron chi connectivity index (χ1n) is 7.48. The zero-order valence-electron chi connectivity index (χ0n) is 13.7. The Morgan fingerprint density at radius 3 is 2.67 bits per heavy atom. The summed E-state index contributed by atoms with van der Waals surface area (Å²) in [5.74, 6) is 1.06. The molecule has 0 aliphatic rings. The molecule has 0 aliphatic carbocycles. The van der Waals surface area contributed by atoms with Gasteiger partial charge in [-0.05, 0) is 13.3 Å². The number of ether oxygens (including phenoxy) is 1. The highest BCUT2D eigenvalue weighted by Gasteiger charge is 2.17. The van der Waals surface area contributed by atoms with E-state index >= 15 is 0 Å². The van der Waals surface area contributed by atoms with Crippen molar-refractivity contribution in [2.45, 2.75) is 32.8 Å². The van der Waals surface area contributed by atoms with Crippen molar-refractivity contribution in [3.05, 3.63) is 18.2 Å². The van der Waals surface area contributed by atoms with Gasteiger partial charge < -0.3 is 10.5 Å². The molecule has 0 saturated heterocycles. The normalized spacial score (nSPS) is 12.5. The maximum atomic E-state index is 11.0. The van der Waals surface area contributed by atoms with Crippen molar-refractivity contribution in [2.75, 3.05) is 5.73 Å². The fourth-order valence-corrected chi connectivity index (χ4v) is 2.40. The summed E-state index contributed by atoms with van der Waals surface area (Å²) in [5.41, 5.74) is 7.12. The van der Waals surface area contributed by atoms with Gasteiger partial charge in [0.15, 0.2) is 17.0 Å². The molecule has 0 aliphatic heterocycles. The second-order valence-corrected chi connectivity index (χ2v) is 5.45. The number of fused-ring (bicyclic) bond motifs is 1. The van der Waals surface area contributed by atoms with Gasteiger partial charge >= 0.3 is 5.97 Å². The van der Waals surface area contributed by atoms with E-state index in [0.29, 0.717) is 41.6 Å². The van der Waals surface area contributed by atoms with E-state index in [1.54, 1.807) is 17.0 Å². The summed E-state index contributed by atoms with van der Waals surface area (Å²) in [4.78, 5) is 25.6. The van der Waals surface area contributed by atoms with Crippen LogP contribution in [0.25, 0.3) is 17.1 Å². The minimum absolute atomic E-state index is 0.210. The fourth-order valence-electron chi connectivity index (χ4n) is 2.40. The number of anilines is 1. The van der Waals surface area contributed by atoms with E-state index in [1.807, 2.05) is 14.0 Å². The molecule has 0 aromatic carbocycles. The summed E-state index contributed by atoms with van der Waals surface area (Å²) in [6.07, 6.45) is 4.07. The Morgan fingerprint density at radius 2 is 2.00 bits per heavy atom. The first-order chi connectivity index (χ1) is 11.5. The predicted octanol–water partition coefficient (Wildman–Crippen LogP) is 0.410. The number of rotatable bonds is 5. The van der Waals surface area contributed by atoms with E-state index in [0.717, 1.165) is 0 Å². The smallest absolute Gasteiger partial charge is 0.302 e. The summed E-state index contributed by atoms with van der Waals surface area (Å²) in [5, 5.41) is 8.13. The third kappa shape index (κ3) is 3.03. The van der Waals surface area contributed by atoms with Gasteiger partial charge in [-0.3, -0.25) is 9.36 Å². The van der Waals surface area contributed by atoms with Gasteiger partial charge in [0.1, 0.15) is 5.82 Å². The summed E-state index contributed by atoms with van der Waals surface area (Å²) in [6, 6.07) is 0. The molecule has 3 rings (SSSR count). The molecule has 10 heteroatoms. The Balaban J connectivity index is 1.89. The molecule has 0 fully saturated rings. The average molecular weight is 330 g/mol. The van der Waals surface area contributed by atoms with Crippen LogP contribution in [0, 0.1) is 0 Å². The molecule has 0 radical (unpaired) electrons. The molecular formula is C14H18N8O2. The predicted molar refractivity (Wildman–Crippen MR) is 85.2 cm³/mol. The average Bonchev–Trinajstić information content (AvgIpc) is 3.13. The first kappa shape index (κ1) is 15.8. The fraction of sp³-hybridized carbons (Fsp3) is 0.429. The standard InChI is InChI=1S/C14H18N8O2/c1-8(24-9(2)23)4-5-10-18-12(15)11-13(19-10)21(3)14(20-11)22-16-6-7-17-22/h6-8H,4-5H2,1-3H3,(H2,15,18,19)/t8-/m0/s1. The van der Waals surface area contributed by atoms with Gasteiger partial charge in [-0.15, -0.1) is 4.80 Å². The molecule has 0 unspecified atom stereocenters. The molecule has 24 heavy (non-hydrogen) atoms. The summed E-state index contributed by atoms with van der Waals surface area (Å²) in [7, 11) is 1.81. The topological polar surface area (TPSA) is 127 Å². The van der Waals surface area contributed by atoms with E-state index in [4.69, 9.17) is 10.5 Å². The zero-order chi connectivity index (χ0) is 17.3. The highest BCUT2D eigenvalue weighted by atomic mass is 16.5. The van der Waals surface area contributed by atoms with E-state index < -0.39 is 0 Å². The highest BCUT2D eigenvalue weighted by Crippen LogP contribution is 2.20. The van der Waals surface area contributed by atoms with Crippen LogP contribution in [-0.2, 0) is 23.0 Å². The Bertz CT molecular complexity index is 871. The van der Waals surface area contributed by atoms with Crippen LogP contribution in [0.4, 0.5) is 5.82 Å². The lowest BCUT2D eigenvalue weighted by atomic mass is 10.2. The number of nitrogens with zero attached hydrogens (tertiary/aromatic N) is 7. The van der Waals surface area contributed by atoms with Crippen LogP contribution in [-0.4, -0.2) is 46.6 Å². The van der Waals surface area contributed by atoms with Gasteiger partial charge in [0.05, 0.1) is 18.5 Å². The number of aromatic nitrogens is 7. The van der Waals surface area contributed by atoms with Crippen molar-refractivity contribution in [3.8, 4) is 5.95 Å². The van der Waals surface area contributed by atoms with Gasteiger partial charge in [0.25, 0.3) is 5.95 Å². The van der Waals surface area contributed by atoms with Gasteiger partial charge in [0, 0.05) is 20.4 Å². The second-order valence-electron chi connectivity index (χ2n) is 5.45. The summed E-state index contributed by atoms with van der Waals surface area (Å²) >= 11 is 0. The van der Waals surface area contributed by atoms with E-state index in [2.05, 4.69) is 25.1 Å². The highest BCUT2D eigenvalue weighted by molar-refractivity contribution is 5.83. The number of esters is 1. The quantitative estimate of drug-likeness (QED) is 0.666. The van der Waals surface area contributed by atoms with Crippen molar-refractivity contribution in [2.24, 2.45) is 7.05 Å². The van der Waals surface area contributed by atoms with E-state index in [1.165, 1.54) is 11.7 Å². The molecule has 10 nitrogen and oxygen atoms in total. The van der Waals surface area contributed by atoms with Gasteiger partial charge in [-0.2, -0.15) is 10.2 Å². The number of hydrogen-bond acceptors (Lipinski definition) is 8.